The second kappa shape index (κ2) is 2.07. The summed E-state index contributed by atoms with van der Waals surface area (Å²) in [4.78, 5) is 14.0. The summed E-state index contributed by atoms with van der Waals surface area (Å²) in [6, 6.07) is 0. The number of hydrazine groups is 1. The maximum absolute atomic E-state index is 9.67. The van der Waals surface area contributed by atoms with Crippen molar-refractivity contribution in [2.45, 2.75) is 0 Å². The third kappa shape index (κ3) is 1.37. The molecule has 1 rings (SSSR count). The van der Waals surface area contributed by atoms with E-state index in [1.807, 2.05) is 0 Å². The van der Waals surface area contributed by atoms with Crippen LogP contribution in [0.3, 0.4) is 0 Å². The highest BCUT2D eigenvalue weighted by molar-refractivity contribution is 4.56. The molecule has 1 N–H and O–H groups in total. The average molecular weight is 129 g/mol. The molecule has 0 saturated heterocycles. The molecule has 0 spiro atoms. The first-order valence-corrected chi connectivity index (χ1v) is 2.05. The largest absolute Gasteiger partial charge is 0.339 e. The molecule has 0 aliphatic carbocycles. The molecule has 0 fully saturated rings. The summed E-state index contributed by atoms with van der Waals surface area (Å²) in [5.74, 6) is 0. The number of hydrogen-bond donors (Lipinski definition) is 1. The Hall–Kier alpha value is -1.66. The molecule has 0 amide bonds. The number of hydrogen-bond acceptors (Lipinski definition) is 4. The first-order chi connectivity index (χ1) is 4.29. The monoisotopic (exact) mass is 129 g/mol. The van der Waals surface area contributed by atoms with Gasteiger partial charge in [0.1, 0.15) is 0 Å². The Morgan fingerprint density at radius 2 is 2.56 bits per heavy atom. The molecule has 0 aliphatic rings. The lowest BCUT2D eigenvalue weighted by molar-refractivity contribution is -0.463. The maximum Gasteiger partial charge on any atom is 0.235 e. The van der Waals surface area contributed by atoms with E-state index in [2.05, 4.69) is 10.1 Å². The lowest BCUT2D eigenvalue weighted by Crippen LogP contribution is -2.21. The summed E-state index contributed by atoms with van der Waals surface area (Å²) in [5, 5.41) is 12.4. The van der Waals surface area contributed by atoms with E-state index in [9.17, 15) is 10.1 Å². The predicted molar refractivity (Wildman–Crippen MR) is 26.4 cm³/mol. The number of nitrogens with one attached hydrogen (secondary N) is 1. The molecular weight excluding hydrogens is 126 g/mol. The van der Waals surface area contributed by atoms with Gasteiger partial charge in [-0.15, -0.1) is 0 Å². The molecule has 1 aromatic rings. The summed E-state index contributed by atoms with van der Waals surface area (Å²) >= 11 is 0. The van der Waals surface area contributed by atoms with Gasteiger partial charge < -0.3 is 10.1 Å². The van der Waals surface area contributed by atoms with Crippen LogP contribution in [0.4, 0.5) is 0 Å². The average Bonchev–Trinajstić information content (AvgIpc) is 2.15. The summed E-state index contributed by atoms with van der Waals surface area (Å²) in [6.07, 6.45) is 2.37. The van der Waals surface area contributed by atoms with Crippen LogP contribution in [0.1, 0.15) is 0 Å². The third-order valence-corrected chi connectivity index (χ3v) is 0.603. The van der Waals surface area contributed by atoms with E-state index >= 15 is 0 Å². The summed E-state index contributed by atoms with van der Waals surface area (Å²) in [6.45, 7) is 0. The van der Waals surface area contributed by atoms with E-state index in [4.69, 9.17) is 0 Å². The maximum atomic E-state index is 9.67. The second-order valence-electron chi connectivity index (χ2n) is 1.20. The summed E-state index contributed by atoms with van der Waals surface area (Å²) < 4.78 is 0. The molecule has 0 unspecified atom stereocenters. The van der Waals surface area contributed by atoms with Gasteiger partial charge in [0, 0.05) is 0 Å². The number of rotatable bonds is 2. The summed E-state index contributed by atoms with van der Waals surface area (Å²) in [7, 11) is 0. The Balaban J connectivity index is 2.58. The van der Waals surface area contributed by atoms with E-state index in [0.29, 0.717) is 0 Å². The SMILES string of the molecule is O=[N+]([O-])Nn1cncn1. The molecule has 1 heterocycles. The van der Waals surface area contributed by atoms with Crippen LogP contribution in [-0.2, 0) is 0 Å². The van der Waals surface area contributed by atoms with Gasteiger partial charge in [0.2, 0.25) is 6.33 Å². The normalized spacial score (nSPS) is 8.89. The van der Waals surface area contributed by atoms with Crippen LogP contribution in [0.2, 0.25) is 0 Å². The van der Waals surface area contributed by atoms with Gasteiger partial charge in [0.05, 0.1) is 5.03 Å². The highest BCUT2D eigenvalue weighted by Gasteiger charge is 1.94. The van der Waals surface area contributed by atoms with Gasteiger partial charge in [-0.2, -0.15) is 4.98 Å². The molecule has 0 saturated carbocycles. The molecule has 0 atom stereocenters. The van der Waals surface area contributed by atoms with Crippen molar-refractivity contribution in [1.29, 1.82) is 0 Å². The van der Waals surface area contributed by atoms with Crippen molar-refractivity contribution >= 4 is 0 Å². The molecule has 1 aromatic heterocycles. The lowest BCUT2D eigenvalue weighted by atomic mass is 11.3. The Bertz CT molecular complexity index is 193. The Labute approximate surface area is 49.4 Å². The van der Waals surface area contributed by atoms with Crippen molar-refractivity contribution in [3.63, 3.8) is 0 Å². The standard InChI is InChI=1S/C2H3N5O2/c8-7(9)5-6-2-3-1-4-6/h1-2,5H. The second-order valence-corrected chi connectivity index (χ2v) is 1.20. The molecule has 7 nitrogen and oxygen atoms in total. The third-order valence-electron chi connectivity index (χ3n) is 0.603. The van der Waals surface area contributed by atoms with Gasteiger partial charge in [0.25, 0.3) is 0 Å². The van der Waals surface area contributed by atoms with Crippen LogP contribution in [-0.4, -0.2) is 19.9 Å². The van der Waals surface area contributed by atoms with E-state index < -0.39 is 5.03 Å². The number of nitro groups is 1. The van der Waals surface area contributed by atoms with Crippen LogP contribution >= 0.6 is 0 Å². The highest BCUT2D eigenvalue weighted by atomic mass is 16.7. The van der Waals surface area contributed by atoms with E-state index in [1.165, 1.54) is 12.7 Å². The van der Waals surface area contributed by atoms with Crippen LogP contribution in [0.15, 0.2) is 12.7 Å². The van der Waals surface area contributed by atoms with E-state index in [-0.39, 0.29) is 0 Å². The molecule has 7 heteroatoms. The molecule has 0 radical (unpaired) electrons. The van der Waals surface area contributed by atoms with Crippen LogP contribution in [0, 0.1) is 10.1 Å². The quantitative estimate of drug-likeness (QED) is 0.409. The fourth-order valence-corrected chi connectivity index (χ4v) is 0.344. The Morgan fingerprint density at radius 1 is 1.78 bits per heavy atom. The Kier molecular flexibility index (Phi) is 1.26. The van der Waals surface area contributed by atoms with Crippen molar-refractivity contribution < 1.29 is 5.03 Å². The van der Waals surface area contributed by atoms with Crippen molar-refractivity contribution in [3.05, 3.63) is 22.8 Å². The van der Waals surface area contributed by atoms with E-state index in [0.717, 1.165) is 4.79 Å². The van der Waals surface area contributed by atoms with Crippen LogP contribution < -0.4 is 5.53 Å². The van der Waals surface area contributed by atoms with Gasteiger partial charge in [-0.25, -0.2) is 0 Å². The van der Waals surface area contributed by atoms with Gasteiger partial charge in [-0.3, -0.25) is 0 Å². The number of aromatic nitrogens is 3. The first kappa shape index (κ1) is 5.48. The van der Waals surface area contributed by atoms with Gasteiger partial charge in [-0.1, -0.05) is 0 Å². The zero-order chi connectivity index (χ0) is 6.69. The molecule has 0 aromatic carbocycles. The molecular formula is C2H3N5O2. The lowest BCUT2D eigenvalue weighted by Gasteiger charge is -1.91. The van der Waals surface area contributed by atoms with Crippen molar-refractivity contribution in [3.8, 4) is 0 Å². The van der Waals surface area contributed by atoms with Crippen molar-refractivity contribution in [2.24, 2.45) is 0 Å². The highest BCUT2D eigenvalue weighted by Crippen LogP contribution is 1.70. The minimum absolute atomic E-state index is 0.728. The van der Waals surface area contributed by atoms with Crippen molar-refractivity contribution in [2.75, 3.05) is 5.53 Å². The smallest absolute Gasteiger partial charge is 0.235 e. The summed E-state index contributed by atoms with van der Waals surface area (Å²) in [5.41, 5.74) is 1.75. The fourth-order valence-electron chi connectivity index (χ4n) is 0.344. The first-order valence-electron chi connectivity index (χ1n) is 2.05. The molecule has 0 aliphatic heterocycles. The van der Waals surface area contributed by atoms with E-state index in [1.54, 1.807) is 5.53 Å². The predicted octanol–water partition coefficient (Wildman–Crippen LogP) is -0.987. The van der Waals surface area contributed by atoms with Gasteiger partial charge >= 0.3 is 0 Å². The zero-order valence-corrected chi connectivity index (χ0v) is 4.26. The van der Waals surface area contributed by atoms with Crippen LogP contribution in [0.5, 0.6) is 0 Å². The number of nitrogens with zero attached hydrogens (tertiary/aromatic N) is 4. The molecule has 0 bridgehead atoms. The minimum Gasteiger partial charge on any atom is -0.339 e. The van der Waals surface area contributed by atoms with Crippen molar-refractivity contribution in [1.82, 2.24) is 14.9 Å². The van der Waals surface area contributed by atoms with Gasteiger partial charge in [-0.05, 0) is 15.4 Å². The van der Waals surface area contributed by atoms with Crippen LogP contribution in [0.25, 0.3) is 0 Å². The van der Waals surface area contributed by atoms with Gasteiger partial charge in [0.15, 0.2) is 6.33 Å². The Morgan fingerprint density at radius 3 is 3.00 bits per heavy atom. The molecule has 48 valence electrons. The minimum atomic E-state index is -0.728. The topological polar surface area (TPSA) is 85.9 Å². The fraction of sp³-hybridized carbons (Fsp3) is 0. The zero-order valence-electron chi connectivity index (χ0n) is 4.26. The molecule has 9 heavy (non-hydrogen) atoms.